The van der Waals surface area contributed by atoms with E-state index in [9.17, 15) is 32.3 Å². The standard InChI is InChI=1S/C25H26F3N3O5/c1-3-4-7-36-23-21-25(35)30-12-19(20(32)6-5-13(30)2)31(21)11-16(22(23)33)24(34)29-10-15-17(27)8-14(26)9-18(15)28/h8-9,11,13,19H,3-7,10,12H2,1-2H3,(H,29,34)/t13-,19+/m0/s1. The van der Waals surface area contributed by atoms with E-state index in [2.05, 4.69) is 5.32 Å². The minimum atomic E-state index is -1.19. The fourth-order valence-corrected chi connectivity index (χ4v) is 4.49. The summed E-state index contributed by atoms with van der Waals surface area (Å²) in [6, 6.07) is -0.0696. The van der Waals surface area contributed by atoms with Gasteiger partial charge in [-0.25, -0.2) is 13.2 Å². The van der Waals surface area contributed by atoms with E-state index in [1.807, 2.05) is 13.8 Å². The second kappa shape index (κ2) is 10.2. The van der Waals surface area contributed by atoms with Crippen LogP contribution in [0.2, 0.25) is 0 Å². The third-order valence-corrected chi connectivity index (χ3v) is 6.59. The lowest BCUT2D eigenvalue weighted by Gasteiger charge is -2.36. The number of carbonyl (C=O) groups is 3. The maximum absolute atomic E-state index is 14.0. The number of pyridine rings is 1. The van der Waals surface area contributed by atoms with Gasteiger partial charge in [0, 0.05) is 49.4 Å². The van der Waals surface area contributed by atoms with Crippen molar-refractivity contribution < 1.29 is 32.3 Å². The van der Waals surface area contributed by atoms with Gasteiger partial charge in [0.2, 0.25) is 5.43 Å². The summed E-state index contributed by atoms with van der Waals surface area (Å²) in [6.45, 7) is 3.29. The highest BCUT2D eigenvalue weighted by Crippen LogP contribution is 2.33. The number of benzene rings is 1. The molecule has 2 amide bonds. The first kappa shape index (κ1) is 25.5. The van der Waals surface area contributed by atoms with Gasteiger partial charge in [-0.05, 0) is 19.8 Å². The molecule has 4 rings (SSSR count). The number of aromatic nitrogens is 1. The zero-order chi connectivity index (χ0) is 26.1. The molecule has 2 aliphatic rings. The summed E-state index contributed by atoms with van der Waals surface area (Å²) < 4.78 is 48.2. The van der Waals surface area contributed by atoms with Crippen LogP contribution in [-0.4, -0.2) is 46.3 Å². The molecule has 0 saturated carbocycles. The van der Waals surface area contributed by atoms with Gasteiger partial charge in [0.25, 0.3) is 11.8 Å². The minimum Gasteiger partial charge on any atom is -0.487 e. The molecule has 8 nitrogen and oxygen atoms in total. The number of nitrogens with zero attached hydrogens (tertiary/aromatic N) is 2. The highest BCUT2D eigenvalue weighted by atomic mass is 19.1. The average Bonchev–Trinajstić information content (AvgIpc) is 2.95. The van der Waals surface area contributed by atoms with Crippen LogP contribution in [0.5, 0.6) is 5.75 Å². The summed E-state index contributed by atoms with van der Waals surface area (Å²) in [5.41, 5.74) is -2.00. The topological polar surface area (TPSA) is 97.7 Å². The van der Waals surface area contributed by atoms with Crippen LogP contribution in [0.25, 0.3) is 0 Å². The smallest absolute Gasteiger partial charge is 0.274 e. The van der Waals surface area contributed by atoms with Crippen molar-refractivity contribution >= 4 is 17.6 Å². The molecule has 1 N–H and O–H groups in total. The zero-order valence-electron chi connectivity index (χ0n) is 19.9. The van der Waals surface area contributed by atoms with E-state index in [1.165, 1.54) is 9.47 Å². The molecule has 2 aromatic rings. The molecule has 0 spiro atoms. The van der Waals surface area contributed by atoms with E-state index in [0.717, 1.165) is 12.6 Å². The van der Waals surface area contributed by atoms with E-state index >= 15 is 0 Å². The number of unbranched alkanes of at least 4 members (excludes halogenated alkanes) is 1. The number of amides is 2. The van der Waals surface area contributed by atoms with Crippen molar-refractivity contribution in [3.8, 4) is 5.75 Å². The maximum atomic E-state index is 14.0. The average molecular weight is 505 g/mol. The first-order chi connectivity index (χ1) is 17.1. The Morgan fingerprint density at radius 3 is 2.53 bits per heavy atom. The zero-order valence-corrected chi connectivity index (χ0v) is 19.9. The van der Waals surface area contributed by atoms with Gasteiger partial charge in [-0.2, -0.15) is 0 Å². The number of halogens is 3. The van der Waals surface area contributed by atoms with E-state index < -0.39 is 58.4 Å². The number of ether oxygens (including phenoxy) is 1. The lowest BCUT2D eigenvalue weighted by Crippen LogP contribution is -2.49. The predicted octanol–water partition coefficient (Wildman–Crippen LogP) is 3.12. The molecule has 0 radical (unpaired) electrons. The minimum absolute atomic E-state index is 0.0934. The largest absolute Gasteiger partial charge is 0.487 e. The van der Waals surface area contributed by atoms with E-state index in [4.69, 9.17) is 4.74 Å². The van der Waals surface area contributed by atoms with Gasteiger partial charge in [-0.1, -0.05) is 13.3 Å². The molecule has 192 valence electrons. The summed E-state index contributed by atoms with van der Waals surface area (Å²) in [5, 5.41) is 2.27. The van der Waals surface area contributed by atoms with Gasteiger partial charge in [0.15, 0.2) is 17.2 Å². The molecule has 0 unspecified atom stereocenters. The number of nitrogens with one attached hydrogen (secondary N) is 1. The number of fused-ring (bicyclic) bond motifs is 4. The maximum Gasteiger partial charge on any atom is 0.274 e. The van der Waals surface area contributed by atoms with Crippen molar-refractivity contribution in [2.45, 2.75) is 58.2 Å². The Morgan fingerprint density at radius 2 is 1.86 bits per heavy atom. The molecule has 0 aliphatic carbocycles. The molecular weight excluding hydrogens is 479 g/mol. The molecule has 1 fully saturated rings. The van der Waals surface area contributed by atoms with Gasteiger partial charge >= 0.3 is 0 Å². The molecule has 2 bridgehead atoms. The summed E-state index contributed by atoms with van der Waals surface area (Å²) in [7, 11) is 0. The first-order valence-corrected chi connectivity index (χ1v) is 11.8. The molecule has 36 heavy (non-hydrogen) atoms. The molecule has 1 aromatic carbocycles. The number of ketones is 1. The third-order valence-electron chi connectivity index (χ3n) is 6.59. The lowest BCUT2D eigenvalue weighted by molar-refractivity contribution is -0.122. The van der Waals surface area contributed by atoms with Gasteiger partial charge in [0.1, 0.15) is 29.1 Å². The van der Waals surface area contributed by atoms with Crippen molar-refractivity contribution in [3.05, 3.63) is 62.8 Å². The number of rotatable bonds is 7. The monoisotopic (exact) mass is 505 g/mol. The van der Waals surface area contributed by atoms with Crippen molar-refractivity contribution in [1.82, 2.24) is 14.8 Å². The predicted molar refractivity (Wildman–Crippen MR) is 122 cm³/mol. The summed E-state index contributed by atoms with van der Waals surface area (Å²) >= 11 is 0. The molecule has 11 heteroatoms. The number of Topliss-reactive ketones (excluding diaryl/α,β-unsaturated/α-hetero) is 1. The van der Waals surface area contributed by atoms with Crippen LogP contribution in [-0.2, 0) is 11.3 Å². The van der Waals surface area contributed by atoms with Crippen molar-refractivity contribution in [3.63, 3.8) is 0 Å². The SMILES string of the molecule is CCCCOc1c2n(cc(C(=O)NCc3c(F)cc(F)cc3F)c1=O)[C@@H]1CN(C2=O)[C@@H](C)CCC1=O. The quantitative estimate of drug-likeness (QED) is 0.584. The van der Waals surface area contributed by atoms with Crippen LogP contribution < -0.4 is 15.5 Å². The molecule has 3 heterocycles. The van der Waals surface area contributed by atoms with Crippen LogP contribution in [0.3, 0.4) is 0 Å². The molecular formula is C25H26F3N3O5. The van der Waals surface area contributed by atoms with Gasteiger partial charge in [-0.3, -0.25) is 19.2 Å². The van der Waals surface area contributed by atoms with E-state index in [0.29, 0.717) is 25.0 Å². The molecule has 1 aromatic heterocycles. The third kappa shape index (κ3) is 4.61. The Kier molecular flexibility index (Phi) is 7.18. The van der Waals surface area contributed by atoms with Crippen molar-refractivity contribution in [1.29, 1.82) is 0 Å². The van der Waals surface area contributed by atoms with Crippen LogP contribution >= 0.6 is 0 Å². The van der Waals surface area contributed by atoms with Gasteiger partial charge in [0.05, 0.1) is 6.61 Å². The fraction of sp³-hybridized carbons (Fsp3) is 0.440. The van der Waals surface area contributed by atoms with Gasteiger partial charge in [-0.15, -0.1) is 0 Å². The van der Waals surface area contributed by atoms with Crippen molar-refractivity contribution in [2.24, 2.45) is 0 Å². The Balaban J connectivity index is 1.76. The van der Waals surface area contributed by atoms with Crippen molar-refractivity contribution in [2.75, 3.05) is 13.2 Å². The summed E-state index contributed by atoms with van der Waals surface area (Å²) in [5.74, 6) is -5.43. The second-order valence-corrected chi connectivity index (χ2v) is 9.02. The van der Waals surface area contributed by atoms with Gasteiger partial charge < -0.3 is 19.5 Å². The second-order valence-electron chi connectivity index (χ2n) is 9.02. The van der Waals surface area contributed by atoms with Crippen LogP contribution in [0.1, 0.15) is 72.0 Å². The fourth-order valence-electron chi connectivity index (χ4n) is 4.49. The number of carbonyl (C=O) groups excluding carboxylic acids is 3. The van der Waals surface area contributed by atoms with E-state index in [1.54, 1.807) is 0 Å². The lowest BCUT2D eigenvalue weighted by atomic mass is 10.0. The first-order valence-electron chi connectivity index (χ1n) is 11.8. The van der Waals surface area contributed by atoms with Crippen LogP contribution in [0, 0.1) is 17.5 Å². The summed E-state index contributed by atoms with van der Waals surface area (Å²) in [4.78, 5) is 54.1. The number of hydrogen-bond donors (Lipinski definition) is 1. The summed E-state index contributed by atoms with van der Waals surface area (Å²) in [6.07, 6.45) is 3.14. The Bertz CT molecular complexity index is 1270. The normalized spacial score (nSPS) is 19.1. The Hall–Kier alpha value is -3.63. The highest BCUT2D eigenvalue weighted by Gasteiger charge is 2.42. The highest BCUT2D eigenvalue weighted by molar-refractivity contribution is 6.01. The molecule has 2 aliphatic heterocycles. The van der Waals surface area contributed by atoms with Crippen LogP contribution in [0.4, 0.5) is 13.2 Å². The van der Waals surface area contributed by atoms with Crippen LogP contribution in [0.15, 0.2) is 23.1 Å². The van der Waals surface area contributed by atoms with E-state index in [-0.39, 0.29) is 42.8 Å². The Labute approximate surface area is 205 Å². The molecule has 1 saturated heterocycles. The Morgan fingerprint density at radius 1 is 1.17 bits per heavy atom. The number of hydrogen-bond acceptors (Lipinski definition) is 5. The molecule has 2 atom stereocenters.